The van der Waals surface area contributed by atoms with Gasteiger partial charge in [0.2, 0.25) is 0 Å². The van der Waals surface area contributed by atoms with Crippen molar-refractivity contribution in [3.63, 3.8) is 0 Å². The van der Waals surface area contributed by atoms with E-state index in [-0.39, 0.29) is 5.56 Å². The molecule has 2 heterocycles. The zero-order valence-corrected chi connectivity index (χ0v) is 16.5. The third kappa shape index (κ3) is 2.99. The Morgan fingerprint density at radius 2 is 1.89 bits per heavy atom. The molecule has 0 fully saturated rings. The van der Waals surface area contributed by atoms with Gasteiger partial charge in [0, 0.05) is 22.2 Å². The van der Waals surface area contributed by atoms with Gasteiger partial charge in [0.25, 0.3) is 0 Å². The summed E-state index contributed by atoms with van der Waals surface area (Å²) in [6.45, 7) is 5.93. The molecule has 0 saturated carbocycles. The Hall–Kier alpha value is -2.44. The van der Waals surface area contributed by atoms with E-state index in [9.17, 15) is 8.78 Å². The number of hydrogen-bond acceptors (Lipinski definition) is 3. The second-order valence-corrected chi connectivity index (χ2v) is 7.94. The summed E-state index contributed by atoms with van der Waals surface area (Å²) in [6, 6.07) is 9.11. The number of nitrogens with one attached hydrogen (secondary N) is 1. The highest BCUT2D eigenvalue weighted by Gasteiger charge is 2.22. The fraction of sp³-hybridized carbons (Fsp3) is 0.150. The lowest BCUT2D eigenvalue weighted by atomic mass is 10.1. The van der Waals surface area contributed by atoms with Gasteiger partial charge in [0.15, 0.2) is 4.96 Å². The Balaban J connectivity index is 1.99. The van der Waals surface area contributed by atoms with Crippen LogP contribution >= 0.6 is 22.9 Å². The van der Waals surface area contributed by atoms with Crippen molar-refractivity contribution < 1.29 is 8.78 Å². The summed E-state index contributed by atoms with van der Waals surface area (Å²) in [5.74, 6) is -0.677. The highest BCUT2D eigenvalue weighted by atomic mass is 35.5. The zero-order valence-electron chi connectivity index (χ0n) is 14.9. The van der Waals surface area contributed by atoms with Crippen molar-refractivity contribution in [2.75, 3.05) is 5.32 Å². The van der Waals surface area contributed by atoms with Gasteiger partial charge in [-0.3, -0.25) is 4.40 Å². The Kier molecular flexibility index (Phi) is 4.40. The summed E-state index contributed by atoms with van der Waals surface area (Å²) < 4.78 is 29.8. The Morgan fingerprint density at radius 3 is 2.59 bits per heavy atom. The fourth-order valence-corrected chi connectivity index (χ4v) is 4.28. The van der Waals surface area contributed by atoms with E-state index >= 15 is 0 Å². The molecule has 0 aliphatic rings. The maximum atomic E-state index is 14.5. The Labute approximate surface area is 164 Å². The molecule has 0 spiro atoms. The number of nitrogens with zero attached hydrogens (tertiary/aromatic N) is 2. The van der Waals surface area contributed by atoms with Crippen molar-refractivity contribution >= 4 is 39.4 Å². The summed E-state index contributed by atoms with van der Waals surface area (Å²) in [5.41, 5.74) is 3.33. The van der Waals surface area contributed by atoms with Crippen molar-refractivity contribution in [1.82, 2.24) is 9.38 Å². The van der Waals surface area contributed by atoms with Crippen molar-refractivity contribution in [3.05, 3.63) is 69.2 Å². The standard InChI is InChI=1S/C20H16ClF2N3S/c1-10-5-4-6-15(21)17(10)24-19-18(14-8-7-13(22)9-16(14)23)25-20-26(19)11(2)12(3)27-20/h4-9,24H,1-3H3. The van der Waals surface area contributed by atoms with E-state index in [1.165, 1.54) is 23.5 Å². The summed E-state index contributed by atoms with van der Waals surface area (Å²) >= 11 is 7.90. The SMILES string of the molecule is Cc1cccc(Cl)c1Nc1c(-c2ccc(F)cc2F)nc2sc(C)c(C)n12. The molecule has 3 nitrogen and oxygen atoms in total. The summed E-state index contributed by atoms with van der Waals surface area (Å²) in [4.78, 5) is 6.47. The third-order valence-electron chi connectivity index (χ3n) is 4.59. The van der Waals surface area contributed by atoms with Crippen LogP contribution in [0, 0.1) is 32.4 Å². The highest BCUT2D eigenvalue weighted by Crippen LogP contribution is 2.38. The average Bonchev–Trinajstić information content (AvgIpc) is 3.08. The molecule has 4 rings (SSSR count). The van der Waals surface area contributed by atoms with Crippen LogP contribution in [0.5, 0.6) is 0 Å². The monoisotopic (exact) mass is 403 g/mol. The first-order valence-corrected chi connectivity index (χ1v) is 9.52. The van der Waals surface area contributed by atoms with E-state index in [2.05, 4.69) is 10.3 Å². The smallest absolute Gasteiger partial charge is 0.196 e. The zero-order chi connectivity index (χ0) is 19.3. The highest BCUT2D eigenvalue weighted by molar-refractivity contribution is 7.17. The lowest BCUT2D eigenvalue weighted by molar-refractivity contribution is 0.585. The quantitative estimate of drug-likeness (QED) is 0.414. The Morgan fingerprint density at radius 1 is 1.11 bits per heavy atom. The van der Waals surface area contributed by atoms with E-state index < -0.39 is 11.6 Å². The van der Waals surface area contributed by atoms with E-state index in [1.54, 1.807) is 6.07 Å². The number of fused-ring (bicyclic) bond motifs is 1. The van der Waals surface area contributed by atoms with Crippen molar-refractivity contribution in [2.24, 2.45) is 0 Å². The number of thiazole rings is 1. The fourth-order valence-electron chi connectivity index (χ4n) is 3.04. The normalized spacial score (nSPS) is 11.3. The van der Waals surface area contributed by atoms with Crippen LogP contribution in [0.1, 0.15) is 16.1 Å². The molecule has 0 unspecified atom stereocenters. The molecule has 1 N–H and O–H groups in total. The summed E-state index contributed by atoms with van der Waals surface area (Å²) in [5, 5.41) is 3.90. The van der Waals surface area contributed by atoms with Gasteiger partial charge in [-0.05, 0) is 44.5 Å². The lowest BCUT2D eigenvalue weighted by Gasteiger charge is -2.13. The van der Waals surface area contributed by atoms with Gasteiger partial charge in [0.1, 0.15) is 23.1 Å². The molecule has 0 bridgehead atoms. The van der Waals surface area contributed by atoms with Crippen LogP contribution in [0.3, 0.4) is 0 Å². The Bertz CT molecular complexity index is 1160. The summed E-state index contributed by atoms with van der Waals surface area (Å²) in [6.07, 6.45) is 0. The first-order chi connectivity index (χ1) is 12.9. The maximum Gasteiger partial charge on any atom is 0.196 e. The number of hydrogen-bond donors (Lipinski definition) is 1. The number of rotatable bonds is 3. The van der Waals surface area contributed by atoms with Gasteiger partial charge in [-0.1, -0.05) is 23.7 Å². The molecular weight excluding hydrogens is 388 g/mol. The number of anilines is 2. The number of aromatic nitrogens is 2. The van der Waals surface area contributed by atoms with Gasteiger partial charge in [-0.15, -0.1) is 11.3 Å². The minimum atomic E-state index is -0.658. The van der Waals surface area contributed by atoms with Crippen LogP contribution in [0.25, 0.3) is 16.2 Å². The second-order valence-electron chi connectivity index (χ2n) is 6.35. The van der Waals surface area contributed by atoms with E-state index in [0.29, 0.717) is 16.5 Å². The van der Waals surface area contributed by atoms with Crippen LogP contribution in [0.2, 0.25) is 5.02 Å². The van der Waals surface area contributed by atoms with E-state index in [4.69, 9.17) is 11.6 Å². The number of imidazole rings is 1. The number of halogens is 3. The van der Waals surface area contributed by atoms with Gasteiger partial charge >= 0.3 is 0 Å². The van der Waals surface area contributed by atoms with Crippen molar-refractivity contribution in [3.8, 4) is 11.3 Å². The molecule has 0 atom stereocenters. The van der Waals surface area contributed by atoms with Gasteiger partial charge in [0.05, 0.1) is 10.7 Å². The van der Waals surface area contributed by atoms with Gasteiger partial charge < -0.3 is 5.32 Å². The molecule has 0 radical (unpaired) electrons. The molecule has 2 aromatic heterocycles. The first-order valence-electron chi connectivity index (χ1n) is 8.33. The maximum absolute atomic E-state index is 14.5. The van der Waals surface area contributed by atoms with E-state index in [0.717, 1.165) is 32.8 Å². The minimum Gasteiger partial charge on any atom is -0.338 e. The molecule has 0 amide bonds. The molecular formula is C20H16ClF2N3S. The van der Waals surface area contributed by atoms with Crippen LogP contribution in [0.15, 0.2) is 36.4 Å². The van der Waals surface area contributed by atoms with Crippen LogP contribution in [-0.2, 0) is 0 Å². The molecule has 0 aliphatic heterocycles. The molecule has 7 heteroatoms. The molecule has 0 saturated heterocycles. The summed E-state index contributed by atoms with van der Waals surface area (Å²) in [7, 11) is 0. The van der Waals surface area contributed by atoms with Crippen LogP contribution < -0.4 is 5.32 Å². The van der Waals surface area contributed by atoms with Crippen molar-refractivity contribution in [1.29, 1.82) is 0 Å². The number of aryl methyl sites for hydroxylation is 3. The molecule has 4 aromatic rings. The van der Waals surface area contributed by atoms with Crippen LogP contribution in [-0.4, -0.2) is 9.38 Å². The van der Waals surface area contributed by atoms with Gasteiger partial charge in [-0.2, -0.15) is 0 Å². The topological polar surface area (TPSA) is 29.3 Å². The molecule has 0 aliphatic carbocycles. The second kappa shape index (κ2) is 6.62. The van der Waals surface area contributed by atoms with Crippen LogP contribution in [0.4, 0.5) is 20.3 Å². The molecule has 138 valence electrons. The third-order valence-corrected chi connectivity index (χ3v) is 5.96. The average molecular weight is 404 g/mol. The van der Waals surface area contributed by atoms with Gasteiger partial charge in [-0.25, -0.2) is 13.8 Å². The van der Waals surface area contributed by atoms with Crippen molar-refractivity contribution in [2.45, 2.75) is 20.8 Å². The lowest BCUT2D eigenvalue weighted by Crippen LogP contribution is -2.01. The first kappa shape index (κ1) is 17.9. The van der Waals surface area contributed by atoms with E-state index in [1.807, 2.05) is 37.3 Å². The predicted octanol–water partition coefficient (Wildman–Crippen LogP) is 6.66. The number of para-hydroxylation sites is 1. The molecule has 2 aromatic carbocycles. The number of benzene rings is 2. The largest absolute Gasteiger partial charge is 0.338 e. The minimum absolute atomic E-state index is 0.233. The molecule has 27 heavy (non-hydrogen) atoms. The predicted molar refractivity (Wildman–Crippen MR) is 107 cm³/mol.